The summed E-state index contributed by atoms with van der Waals surface area (Å²) in [6.07, 6.45) is 0. The van der Waals surface area contributed by atoms with Crippen molar-refractivity contribution < 1.29 is 4.42 Å². The van der Waals surface area contributed by atoms with E-state index in [4.69, 9.17) is 15.1 Å². The van der Waals surface area contributed by atoms with Crippen LogP contribution in [0, 0.1) is 6.92 Å². The largest absolute Gasteiger partial charge is 0.453 e. The SMILES string of the molecule is Cc1cc([C@@H](C)N)c2nc(-c3cc4ccccc4o3)n(C)c(=O)c2c1. The normalized spacial score (nSPS) is 12.8. The smallest absolute Gasteiger partial charge is 0.261 e. The molecule has 0 saturated heterocycles. The maximum absolute atomic E-state index is 12.9. The Kier molecular flexibility index (Phi) is 3.47. The van der Waals surface area contributed by atoms with Crippen LogP contribution >= 0.6 is 0 Å². The second-order valence-electron chi connectivity index (χ2n) is 6.49. The van der Waals surface area contributed by atoms with Gasteiger partial charge in [-0.2, -0.15) is 0 Å². The Balaban J connectivity index is 2.08. The fourth-order valence-electron chi connectivity index (χ4n) is 3.21. The van der Waals surface area contributed by atoms with Crippen molar-refractivity contribution in [1.29, 1.82) is 0 Å². The zero-order valence-electron chi connectivity index (χ0n) is 14.4. The lowest BCUT2D eigenvalue weighted by Gasteiger charge is -2.13. The van der Waals surface area contributed by atoms with Gasteiger partial charge >= 0.3 is 0 Å². The van der Waals surface area contributed by atoms with Crippen LogP contribution in [0.15, 0.2) is 51.7 Å². The Labute approximate surface area is 144 Å². The number of nitrogens with zero attached hydrogens (tertiary/aromatic N) is 2. The van der Waals surface area contributed by atoms with Crippen LogP contribution in [0.3, 0.4) is 0 Å². The molecule has 0 saturated carbocycles. The third-order valence-electron chi connectivity index (χ3n) is 4.49. The average molecular weight is 333 g/mol. The highest BCUT2D eigenvalue weighted by atomic mass is 16.3. The van der Waals surface area contributed by atoms with Crippen molar-refractivity contribution >= 4 is 21.9 Å². The monoisotopic (exact) mass is 333 g/mol. The summed E-state index contributed by atoms with van der Waals surface area (Å²) in [5.41, 5.74) is 9.28. The second kappa shape index (κ2) is 5.57. The molecule has 2 aromatic carbocycles. The number of fused-ring (bicyclic) bond motifs is 2. The molecule has 0 fully saturated rings. The molecule has 0 aliphatic carbocycles. The number of para-hydroxylation sites is 1. The van der Waals surface area contributed by atoms with Crippen LogP contribution in [0.4, 0.5) is 0 Å². The third-order valence-corrected chi connectivity index (χ3v) is 4.49. The average Bonchev–Trinajstić information content (AvgIpc) is 3.01. The minimum absolute atomic E-state index is 0.106. The third kappa shape index (κ3) is 2.44. The lowest BCUT2D eigenvalue weighted by atomic mass is 10.0. The van der Waals surface area contributed by atoms with E-state index in [1.807, 2.05) is 56.3 Å². The minimum atomic E-state index is -0.217. The first-order chi connectivity index (χ1) is 12.0. The summed E-state index contributed by atoms with van der Waals surface area (Å²) < 4.78 is 7.44. The van der Waals surface area contributed by atoms with E-state index in [0.717, 1.165) is 22.1 Å². The standard InChI is InChI=1S/C20H19N3O2/c1-11-8-14(12(2)21)18-15(9-11)20(24)23(3)19(22-18)17-10-13-6-4-5-7-16(13)25-17/h4-10,12H,21H2,1-3H3/t12-/m1/s1. The molecule has 2 N–H and O–H groups in total. The van der Waals surface area contributed by atoms with Gasteiger partial charge in [-0.05, 0) is 43.2 Å². The van der Waals surface area contributed by atoms with Crippen molar-refractivity contribution in [2.45, 2.75) is 19.9 Å². The van der Waals surface area contributed by atoms with Gasteiger partial charge in [0.1, 0.15) is 5.58 Å². The molecular formula is C20H19N3O2. The predicted octanol–water partition coefficient (Wildman–Crippen LogP) is 3.67. The molecule has 0 aliphatic rings. The highest BCUT2D eigenvalue weighted by Gasteiger charge is 2.17. The van der Waals surface area contributed by atoms with Crippen LogP contribution in [0.5, 0.6) is 0 Å². The van der Waals surface area contributed by atoms with E-state index in [1.54, 1.807) is 7.05 Å². The highest BCUT2D eigenvalue weighted by Crippen LogP contribution is 2.28. The molecule has 0 aliphatic heterocycles. The fourth-order valence-corrected chi connectivity index (χ4v) is 3.21. The van der Waals surface area contributed by atoms with Gasteiger partial charge in [0, 0.05) is 18.5 Å². The molecule has 0 unspecified atom stereocenters. The van der Waals surface area contributed by atoms with Crippen molar-refractivity contribution in [2.75, 3.05) is 0 Å². The molecule has 4 aromatic rings. The van der Waals surface area contributed by atoms with Gasteiger partial charge in [-0.15, -0.1) is 0 Å². The fraction of sp³-hybridized carbons (Fsp3) is 0.200. The molecule has 0 spiro atoms. The molecule has 126 valence electrons. The van der Waals surface area contributed by atoms with Crippen molar-refractivity contribution in [3.05, 3.63) is 63.9 Å². The molecule has 1 atom stereocenters. The lowest BCUT2D eigenvalue weighted by Crippen LogP contribution is -2.21. The molecule has 2 aromatic heterocycles. The Morgan fingerprint density at radius 1 is 1.20 bits per heavy atom. The van der Waals surface area contributed by atoms with Crippen molar-refractivity contribution in [1.82, 2.24) is 9.55 Å². The summed E-state index contributed by atoms with van der Waals surface area (Å²) in [6.45, 7) is 3.85. The van der Waals surface area contributed by atoms with Crippen LogP contribution in [-0.2, 0) is 7.05 Å². The quantitative estimate of drug-likeness (QED) is 0.607. The first-order valence-corrected chi connectivity index (χ1v) is 8.21. The lowest BCUT2D eigenvalue weighted by molar-refractivity contribution is 0.617. The van der Waals surface area contributed by atoms with Gasteiger partial charge < -0.3 is 10.2 Å². The van der Waals surface area contributed by atoms with Crippen molar-refractivity contribution in [3.63, 3.8) is 0 Å². The number of aryl methyl sites for hydroxylation is 1. The van der Waals surface area contributed by atoms with E-state index in [-0.39, 0.29) is 11.6 Å². The van der Waals surface area contributed by atoms with Crippen LogP contribution in [0.25, 0.3) is 33.5 Å². The summed E-state index contributed by atoms with van der Waals surface area (Å²) >= 11 is 0. The van der Waals surface area contributed by atoms with Crippen LogP contribution in [-0.4, -0.2) is 9.55 Å². The van der Waals surface area contributed by atoms with Crippen LogP contribution in [0.1, 0.15) is 24.1 Å². The van der Waals surface area contributed by atoms with Gasteiger partial charge in [-0.1, -0.05) is 24.3 Å². The molecule has 0 bridgehead atoms. The zero-order valence-corrected chi connectivity index (χ0v) is 14.4. The number of aromatic nitrogens is 2. The van der Waals surface area contributed by atoms with E-state index < -0.39 is 0 Å². The van der Waals surface area contributed by atoms with Crippen molar-refractivity contribution in [3.8, 4) is 11.6 Å². The molecule has 4 rings (SSSR count). The molecule has 0 amide bonds. The number of hydrogen-bond acceptors (Lipinski definition) is 4. The number of rotatable bonds is 2. The van der Waals surface area contributed by atoms with Gasteiger partial charge in [-0.3, -0.25) is 9.36 Å². The summed E-state index contributed by atoms with van der Waals surface area (Å²) in [4.78, 5) is 17.7. The summed E-state index contributed by atoms with van der Waals surface area (Å²) in [7, 11) is 1.71. The second-order valence-corrected chi connectivity index (χ2v) is 6.49. The van der Waals surface area contributed by atoms with E-state index in [9.17, 15) is 4.79 Å². The van der Waals surface area contributed by atoms with E-state index >= 15 is 0 Å². The van der Waals surface area contributed by atoms with E-state index in [1.165, 1.54) is 4.57 Å². The topological polar surface area (TPSA) is 74.0 Å². The number of furan rings is 1. The molecular weight excluding hydrogens is 314 g/mol. The minimum Gasteiger partial charge on any atom is -0.453 e. The van der Waals surface area contributed by atoms with Gasteiger partial charge in [0.25, 0.3) is 5.56 Å². The van der Waals surface area contributed by atoms with Crippen molar-refractivity contribution in [2.24, 2.45) is 12.8 Å². The molecule has 0 radical (unpaired) electrons. The van der Waals surface area contributed by atoms with Gasteiger partial charge in [0.05, 0.1) is 10.9 Å². The number of hydrogen-bond donors (Lipinski definition) is 1. The van der Waals surface area contributed by atoms with Gasteiger partial charge in [0.15, 0.2) is 11.6 Å². The molecule has 2 heterocycles. The highest BCUT2D eigenvalue weighted by molar-refractivity contribution is 5.86. The van der Waals surface area contributed by atoms with E-state index in [0.29, 0.717) is 22.5 Å². The van der Waals surface area contributed by atoms with Crippen LogP contribution in [0.2, 0.25) is 0 Å². The number of nitrogens with two attached hydrogens (primary N) is 1. The van der Waals surface area contributed by atoms with E-state index in [2.05, 4.69) is 0 Å². The summed E-state index contributed by atoms with van der Waals surface area (Å²) in [5.74, 6) is 1.07. The maximum atomic E-state index is 12.9. The Hall–Kier alpha value is -2.92. The molecule has 25 heavy (non-hydrogen) atoms. The van der Waals surface area contributed by atoms with Gasteiger partial charge in [-0.25, -0.2) is 4.98 Å². The molecule has 5 nitrogen and oxygen atoms in total. The van der Waals surface area contributed by atoms with Crippen LogP contribution < -0.4 is 11.3 Å². The summed E-state index contributed by atoms with van der Waals surface area (Å²) in [5, 5.41) is 1.55. The Morgan fingerprint density at radius 2 is 1.96 bits per heavy atom. The Morgan fingerprint density at radius 3 is 2.68 bits per heavy atom. The number of benzene rings is 2. The van der Waals surface area contributed by atoms with Gasteiger partial charge in [0.2, 0.25) is 0 Å². The first-order valence-electron chi connectivity index (χ1n) is 8.21. The zero-order chi connectivity index (χ0) is 17.7. The Bertz CT molecular complexity index is 1140. The summed E-state index contributed by atoms with van der Waals surface area (Å²) in [6, 6.07) is 13.3. The maximum Gasteiger partial charge on any atom is 0.261 e. The predicted molar refractivity (Wildman–Crippen MR) is 99.5 cm³/mol. The first kappa shape index (κ1) is 15.6. The molecule has 5 heteroatoms.